The van der Waals surface area contributed by atoms with Crippen molar-refractivity contribution in [3.8, 4) is 27.9 Å². The highest BCUT2D eigenvalue weighted by molar-refractivity contribution is 7.30. The number of benzene rings is 7. The van der Waals surface area contributed by atoms with Gasteiger partial charge in [0.1, 0.15) is 0 Å². The minimum atomic E-state index is 1.18. The van der Waals surface area contributed by atoms with Crippen molar-refractivity contribution < 1.29 is 0 Å². The van der Waals surface area contributed by atoms with Gasteiger partial charge in [-0.15, -0.1) is 22.7 Å². The lowest BCUT2D eigenvalue weighted by Gasteiger charge is -2.10. The first-order valence-electron chi connectivity index (χ1n) is 15.3. The minimum Gasteiger partial charge on any atom is -0.309 e. The third-order valence-corrected chi connectivity index (χ3v) is 11.6. The predicted octanol–water partition coefficient (Wildman–Crippen LogP) is 12.9. The summed E-state index contributed by atoms with van der Waals surface area (Å²) in [4.78, 5) is 0. The third kappa shape index (κ3) is 3.66. The Hall–Kier alpha value is -5.22. The molecule has 0 fully saturated rings. The molecule has 0 unspecified atom stereocenters. The van der Waals surface area contributed by atoms with E-state index >= 15 is 0 Å². The van der Waals surface area contributed by atoms with Gasteiger partial charge in [-0.05, 0) is 59.2 Å². The van der Waals surface area contributed by atoms with Crippen molar-refractivity contribution in [2.45, 2.75) is 0 Å². The Balaban J connectivity index is 1.20. The number of fused-ring (bicyclic) bond motifs is 10. The fraction of sp³-hybridized carbons (Fsp3) is 0. The second kappa shape index (κ2) is 9.64. The zero-order valence-corrected chi connectivity index (χ0v) is 25.8. The highest BCUT2D eigenvalue weighted by Crippen LogP contribution is 2.49. The van der Waals surface area contributed by atoms with Crippen LogP contribution in [0.25, 0.3) is 90.1 Å². The van der Waals surface area contributed by atoms with E-state index in [0.29, 0.717) is 0 Å². The normalized spacial score (nSPS) is 12.0. The van der Waals surface area contributed by atoms with Gasteiger partial charge in [0, 0.05) is 62.4 Å². The first kappa shape index (κ1) is 25.1. The van der Waals surface area contributed by atoms with E-state index in [1.807, 2.05) is 22.7 Å². The Kier molecular flexibility index (Phi) is 5.39. The zero-order valence-electron chi connectivity index (χ0n) is 24.2. The number of para-hydroxylation sites is 2. The van der Waals surface area contributed by atoms with E-state index in [1.165, 1.54) is 90.1 Å². The molecule has 10 aromatic rings. The molecule has 0 saturated heterocycles. The standard InChI is InChI=1S/C42H25NS2/c1-2-11-28(12-3-1)43-35-17-7-4-14-31(35)39-29(16-10-18-36(39)43)26-21-23-27(24-22-26)33-25-34-30-13-5-8-19-37(30)44-42(34)40-32-15-6-9-20-38(32)45-41(33)40/h1-25H. The van der Waals surface area contributed by atoms with Crippen LogP contribution >= 0.6 is 22.7 Å². The van der Waals surface area contributed by atoms with E-state index in [2.05, 4.69) is 156 Å². The lowest BCUT2D eigenvalue weighted by atomic mass is 9.95. The van der Waals surface area contributed by atoms with E-state index in [9.17, 15) is 0 Å². The lowest BCUT2D eigenvalue weighted by Crippen LogP contribution is -1.92. The number of thiophene rings is 2. The summed E-state index contributed by atoms with van der Waals surface area (Å²) in [5.41, 5.74) is 8.70. The summed E-state index contributed by atoms with van der Waals surface area (Å²) in [6.07, 6.45) is 0. The molecule has 0 bridgehead atoms. The van der Waals surface area contributed by atoms with Crippen molar-refractivity contribution in [1.82, 2.24) is 4.57 Å². The summed E-state index contributed by atoms with van der Waals surface area (Å²) in [7, 11) is 0. The molecule has 0 amide bonds. The van der Waals surface area contributed by atoms with E-state index in [-0.39, 0.29) is 0 Å². The lowest BCUT2D eigenvalue weighted by molar-refractivity contribution is 1.18. The minimum absolute atomic E-state index is 1.18. The van der Waals surface area contributed by atoms with Crippen LogP contribution in [-0.4, -0.2) is 4.57 Å². The van der Waals surface area contributed by atoms with Gasteiger partial charge in [0.2, 0.25) is 0 Å². The third-order valence-electron chi connectivity index (χ3n) is 9.21. The second-order valence-electron chi connectivity index (χ2n) is 11.7. The van der Waals surface area contributed by atoms with Crippen LogP contribution in [0.2, 0.25) is 0 Å². The number of hydrogen-bond donors (Lipinski definition) is 0. The van der Waals surface area contributed by atoms with Gasteiger partial charge in [0.25, 0.3) is 0 Å². The fourth-order valence-corrected chi connectivity index (χ4v) is 9.78. The summed E-state index contributed by atoms with van der Waals surface area (Å²) in [6, 6.07) is 55.6. The molecule has 0 atom stereocenters. The molecule has 0 aliphatic heterocycles. The topological polar surface area (TPSA) is 4.93 Å². The summed E-state index contributed by atoms with van der Waals surface area (Å²) in [5, 5.41) is 8.01. The molecule has 45 heavy (non-hydrogen) atoms. The van der Waals surface area contributed by atoms with Crippen molar-refractivity contribution in [3.63, 3.8) is 0 Å². The van der Waals surface area contributed by atoms with Gasteiger partial charge in [-0.3, -0.25) is 0 Å². The quantitative estimate of drug-likeness (QED) is 0.188. The van der Waals surface area contributed by atoms with E-state index in [0.717, 1.165) is 0 Å². The highest BCUT2D eigenvalue weighted by Gasteiger charge is 2.19. The number of aromatic nitrogens is 1. The molecule has 7 aromatic carbocycles. The monoisotopic (exact) mass is 607 g/mol. The molecule has 1 nitrogen and oxygen atoms in total. The van der Waals surface area contributed by atoms with Gasteiger partial charge < -0.3 is 4.57 Å². The maximum Gasteiger partial charge on any atom is 0.0547 e. The van der Waals surface area contributed by atoms with Gasteiger partial charge >= 0.3 is 0 Å². The molecular formula is C42H25NS2. The highest BCUT2D eigenvalue weighted by atomic mass is 32.1. The molecule has 0 N–H and O–H groups in total. The summed E-state index contributed by atoms with van der Waals surface area (Å²) >= 11 is 3.84. The van der Waals surface area contributed by atoms with Gasteiger partial charge in [-0.25, -0.2) is 0 Å². The van der Waals surface area contributed by atoms with Crippen LogP contribution in [0.1, 0.15) is 0 Å². The molecule has 0 radical (unpaired) electrons. The molecule has 3 aromatic heterocycles. The molecule has 3 heterocycles. The summed E-state index contributed by atoms with van der Waals surface area (Å²) in [5.74, 6) is 0. The molecule has 0 aliphatic carbocycles. The average molecular weight is 608 g/mol. The van der Waals surface area contributed by atoms with Crippen LogP contribution in [0, 0.1) is 0 Å². The van der Waals surface area contributed by atoms with Crippen LogP contribution in [0.5, 0.6) is 0 Å². The SMILES string of the molecule is c1ccc(-n2c3ccccc3c3c(-c4ccc(-c5cc6c7ccccc7sc6c6c5sc5ccccc56)cc4)cccc32)cc1. The second-order valence-corrected chi connectivity index (χ2v) is 13.8. The van der Waals surface area contributed by atoms with Crippen LogP contribution < -0.4 is 0 Å². The van der Waals surface area contributed by atoms with Crippen LogP contribution in [0.3, 0.4) is 0 Å². The van der Waals surface area contributed by atoms with Crippen LogP contribution in [-0.2, 0) is 0 Å². The van der Waals surface area contributed by atoms with Crippen LogP contribution in [0.4, 0.5) is 0 Å². The predicted molar refractivity (Wildman–Crippen MR) is 197 cm³/mol. The largest absolute Gasteiger partial charge is 0.309 e. The van der Waals surface area contributed by atoms with E-state index in [4.69, 9.17) is 0 Å². The van der Waals surface area contributed by atoms with Crippen molar-refractivity contribution in [1.29, 1.82) is 0 Å². The Labute approximate surface area is 267 Å². The zero-order chi connectivity index (χ0) is 29.5. The molecule has 3 heteroatoms. The summed E-state index contributed by atoms with van der Waals surface area (Å²) in [6.45, 7) is 0. The average Bonchev–Trinajstić information content (AvgIpc) is 3.78. The maximum absolute atomic E-state index is 2.44. The Morgan fingerprint density at radius 3 is 1.78 bits per heavy atom. The number of hydrogen-bond acceptors (Lipinski definition) is 2. The van der Waals surface area contributed by atoms with Gasteiger partial charge in [-0.1, -0.05) is 109 Å². The number of rotatable bonds is 3. The molecule has 0 spiro atoms. The van der Waals surface area contributed by atoms with Gasteiger partial charge in [-0.2, -0.15) is 0 Å². The smallest absolute Gasteiger partial charge is 0.0547 e. The van der Waals surface area contributed by atoms with Crippen molar-refractivity contribution in [2.75, 3.05) is 0 Å². The first-order valence-corrected chi connectivity index (χ1v) is 16.9. The molecule has 10 rings (SSSR count). The summed E-state index contributed by atoms with van der Waals surface area (Å²) < 4.78 is 7.85. The fourth-order valence-electron chi connectivity index (χ4n) is 7.22. The Morgan fingerprint density at radius 2 is 0.978 bits per heavy atom. The Bertz CT molecular complexity index is 2740. The van der Waals surface area contributed by atoms with Gasteiger partial charge in [0.15, 0.2) is 0 Å². The van der Waals surface area contributed by atoms with Gasteiger partial charge in [0.05, 0.1) is 11.0 Å². The van der Waals surface area contributed by atoms with Crippen molar-refractivity contribution >= 4 is 84.8 Å². The van der Waals surface area contributed by atoms with Crippen molar-refractivity contribution in [3.05, 3.63) is 152 Å². The molecule has 0 aliphatic rings. The molecule has 210 valence electrons. The molecule has 0 saturated carbocycles. The maximum atomic E-state index is 2.44. The number of nitrogens with zero attached hydrogens (tertiary/aromatic N) is 1. The van der Waals surface area contributed by atoms with Crippen molar-refractivity contribution in [2.24, 2.45) is 0 Å². The van der Waals surface area contributed by atoms with Crippen LogP contribution in [0.15, 0.2) is 152 Å². The van der Waals surface area contributed by atoms with E-state index < -0.39 is 0 Å². The molecular weight excluding hydrogens is 583 g/mol. The van der Waals surface area contributed by atoms with E-state index in [1.54, 1.807) is 0 Å². The first-order chi connectivity index (χ1) is 22.3. The Morgan fingerprint density at radius 1 is 0.378 bits per heavy atom.